The predicted molar refractivity (Wildman–Crippen MR) is 218 cm³/mol. The standard InChI is InChI=1S/C49H31NS2/c1-3-14-32(15-4-1)33-26-28-41-47(31-33)52-45-25-12-9-22-40(45)49(41)39-21-8-11-24-44(39)51-46-29-27-34(30-42(46)49)36-19-13-20-38-37-18-7-10-23-43(37)50(48(36)38)35-16-5-2-6-17-35/h1-31H. The molecule has 0 bridgehead atoms. The van der Waals surface area contributed by atoms with Crippen molar-refractivity contribution in [1.82, 2.24) is 4.57 Å². The maximum atomic E-state index is 2.52. The van der Waals surface area contributed by atoms with Crippen LogP contribution in [0.3, 0.4) is 0 Å². The Hall–Kier alpha value is -5.74. The minimum absolute atomic E-state index is 0.486. The molecule has 3 heterocycles. The van der Waals surface area contributed by atoms with Gasteiger partial charge in [-0.1, -0.05) is 163 Å². The van der Waals surface area contributed by atoms with Crippen LogP contribution < -0.4 is 0 Å². The summed E-state index contributed by atoms with van der Waals surface area (Å²) in [5.74, 6) is 0. The van der Waals surface area contributed by atoms with Crippen molar-refractivity contribution in [3.63, 3.8) is 0 Å². The number of rotatable bonds is 3. The van der Waals surface area contributed by atoms with Gasteiger partial charge in [-0.3, -0.25) is 0 Å². The topological polar surface area (TPSA) is 4.93 Å². The van der Waals surface area contributed by atoms with E-state index in [-0.39, 0.29) is 0 Å². The van der Waals surface area contributed by atoms with E-state index in [1.54, 1.807) is 0 Å². The zero-order valence-corrected chi connectivity index (χ0v) is 29.8. The smallest absolute Gasteiger partial charge is 0.0745 e. The van der Waals surface area contributed by atoms with E-state index >= 15 is 0 Å². The van der Waals surface area contributed by atoms with Gasteiger partial charge in [0.2, 0.25) is 0 Å². The summed E-state index contributed by atoms with van der Waals surface area (Å²) in [4.78, 5) is 5.24. The second-order valence-corrected chi connectivity index (χ2v) is 15.8. The normalized spacial score (nSPS) is 15.6. The van der Waals surface area contributed by atoms with Crippen LogP contribution in [-0.4, -0.2) is 4.57 Å². The Morgan fingerprint density at radius 1 is 0.365 bits per heavy atom. The van der Waals surface area contributed by atoms with Gasteiger partial charge < -0.3 is 4.57 Å². The van der Waals surface area contributed by atoms with Crippen LogP contribution in [0.4, 0.5) is 0 Å². The van der Waals surface area contributed by atoms with Gasteiger partial charge >= 0.3 is 0 Å². The Bertz CT molecular complexity index is 2840. The Morgan fingerprint density at radius 2 is 0.962 bits per heavy atom. The lowest BCUT2D eigenvalue weighted by atomic mass is 9.64. The molecule has 0 aliphatic carbocycles. The van der Waals surface area contributed by atoms with Crippen LogP contribution >= 0.6 is 23.5 Å². The minimum atomic E-state index is -0.486. The fourth-order valence-electron chi connectivity index (χ4n) is 8.74. The van der Waals surface area contributed by atoms with Gasteiger partial charge in [0.1, 0.15) is 0 Å². The van der Waals surface area contributed by atoms with Gasteiger partial charge in [0.15, 0.2) is 0 Å². The molecule has 1 spiro atoms. The van der Waals surface area contributed by atoms with Crippen molar-refractivity contribution in [2.45, 2.75) is 25.0 Å². The van der Waals surface area contributed by atoms with Gasteiger partial charge in [-0.25, -0.2) is 0 Å². The molecular formula is C49H31NS2. The Morgan fingerprint density at radius 3 is 1.75 bits per heavy atom. The Balaban J connectivity index is 1.22. The third-order valence-corrected chi connectivity index (χ3v) is 13.2. The number of fused-ring (bicyclic) bond motifs is 11. The molecule has 1 nitrogen and oxygen atoms in total. The number of hydrogen-bond acceptors (Lipinski definition) is 2. The SMILES string of the molecule is c1ccc(-c2ccc3c(c2)Sc2ccccc2C32c3ccccc3Sc3ccc(-c4cccc5c6ccccc6n(-c6ccccc6)c45)cc32)cc1. The molecule has 244 valence electrons. The van der Waals surface area contributed by atoms with E-state index in [0.717, 1.165) is 0 Å². The molecule has 0 amide bonds. The van der Waals surface area contributed by atoms with Crippen LogP contribution in [0.15, 0.2) is 208 Å². The molecule has 1 aromatic heterocycles. The molecule has 52 heavy (non-hydrogen) atoms. The predicted octanol–water partition coefficient (Wildman–Crippen LogP) is 13.4. The van der Waals surface area contributed by atoms with Crippen LogP contribution in [0, 0.1) is 0 Å². The van der Waals surface area contributed by atoms with Gasteiger partial charge in [-0.05, 0) is 87.5 Å². The Labute approximate surface area is 311 Å². The van der Waals surface area contributed by atoms with Crippen LogP contribution in [0.25, 0.3) is 49.7 Å². The lowest BCUT2D eigenvalue weighted by Crippen LogP contribution is -2.36. The van der Waals surface area contributed by atoms with E-state index in [1.807, 2.05) is 23.5 Å². The maximum Gasteiger partial charge on any atom is 0.0745 e. The molecule has 2 aliphatic heterocycles. The van der Waals surface area contributed by atoms with Crippen molar-refractivity contribution in [1.29, 1.82) is 0 Å². The lowest BCUT2D eigenvalue weighted by molar-refractivity contribution is 0.667. The zero-order valence-electron chi connectivity index (χ0n) is 28.2. The zero-order chi connectivity index (χ0) is 34.2. The van der Waals surface area contributed by atoms with Crippen LogP contribution in [-0.2, 0) is 5.41 Å². The summed E-state index contributed by atoms with van der Waals surface area (Å²) >= 11 is 3.80. The fourth-order valence-corrected chi connectivity index (χ4v) is 11.1. The molecule has 0 saturated carbocycles. The van der Waals surface area contributed by atoms with Crippen molar-refractivity contribution < 1.29 is 0 Å². The summed E-state index contributed by atoms with van der Waals surface area (Å²) in [5, 5.41) is 2.53. The number of nitrogens with zero attached hydrogens (tertiary/aromatic N) is 1. The first kappa shape index (κ1) is 29.9. The van der Waals surface area contributed by atoms with E-state index < -0.39 is 5.41 Å². The second-order valence-electron chi connectivity index (χ2n) is 13.6. The number of aromatic nitrogens is 1. The number of benzene rings is 8. The summed E-state index contributed by atoms with van der Waals surface area (Å²) in [7, 11) is 0. The van der Waals surface area contributed by atoms with E-state index in [2.05, 4.69) is 193 Å². The summed E-state index contributed by atoms with van der Waals surface area (Å²) in [6.07, 6.45) is 0. The first-order chi connectivity index (χ1) is 25.8. The van der Waals surface area contributed by atoms with Crippen molar-refractivity contribution >= 4 is 45.3 Å². The van der Waals surface area contributed by atoms with Crippen LogP contribution in [0.5, 0.6) is 0 Å². The third-order valence-electron chi connectivity index (χ3n) is 10.9. The van der Waals surface area contributed by atoms with E-state index in [1.165, 1.54) is 91.6 Å². The minimum Gasteiger partial charge on any atom is -0.309 e. The molecule has 1 atom stereocenters. The molecule has 2 aliphatic rings. The summed E-state index contributed by atoms with van der Waals surface area (Å²) in [6, 6.07) is 69.8. The molecule has 0 radical (unpaired) electrons. The summed E-state index contributed by atoms with van der Waals surface area (Å²) in [5.41, 5.74) is 13.5. The average Bonchev–Trinajstić information content (AvgIpc) is 3.56. The first-order valence-electron chi connectivity index (χ1n) is 17.8. The lowest BCUT2D eigenvalue weighted by Gasteiger charge is -2.45. The van der Waals surface area contributed by atoms with Crippen LogP contribution in [0.2, 0.25) is 0 Å². The molecule has 0 N–H and O–H groups in total. The van der Waals surface area contributed by atoms with E-state index in [4.69, 9.17) is 0 Å². The van der Waals surface area contributed by atoms with Gasteiger partial charge in [0, 0.05) is 41.6 Å². The largest absolute Gasteiger partial charge is 0.309 e. The molecule has 1 unspecified atom stereocenters. The highest BCUT2D eigenvalue weighted by Gasteiger charge is 2.48. The highest BCUT2D eigenvalue weighted by Crippen LogP contribution is 2.62. The fraction of sp³-hybridized carbons (Fsp3) is 0.0204. The molecule has 9 aromatic rings. The molecular weight excluding hydrogens is 667 g/mol. The van der Waals surface area contributed by atoms with Crippen LogP contribution in [0.1, 0.15) is 22.3 Å². The molecule has 0 saturated heterocycles. The third kappa shape index (κ3) is 4.27. The van der Waals surface area contributed by atoms with Crippen molar-refractivity contribution in [3.05, 3.63) is 210 Å². The van der Waals surface area contributed by atoms with Crippen molar-refractivity contribution in [2.75, 3.05) is 0 Å². The maximum absolute atomic E-state index is 2.52. The highest BCUT2D eigenvalue weighted by molar-refractivity contribution is 8.00. The van der Waals surface area contributed by atoms with Crippen molar-refractivity contribution in [3.8, 4) is 27.9 Å². The quantitative estimate of drug-likeness (QED) is 0.181. The number of hydrogen-bond donors (Lipinski definition) is 0. The highest BCUT2D eigenvalue weighted by atomic mass is 32.2. The first-order valence-corrected chi connectivity index (χ1v) is 19.4. The monoisotopic (exact) mass is 697 g/mol. The van der Waals surface area contributed by atoms with Gasteiger partial charge in [-0.2, -0.15) is 0 Å². The molecule has 11 rings (SSSR count). The number of para-hydroxylation sites is 3. The summed E-state index contributed by atoms with van der Waals surface area (Å²) < 4.78 is 2.45. The Kier molecular flexibility index (Phi) is 6.70. The van der Waals surface area contributed by atoms with Gasteiger partial charge in [0.05, 0.1) is 16.4 Å². The molecule has 3 heteroatoms. The van der Waals surface area contributed by atoms with E-state index in [9.17, 15) is 0 Å². The molecule has 8 aromatic carbocycles. The van der Waals surface area contributed by atoms with Gasteiger partial charge in [0.25, 0.3) is 0 Å². The van der Waals surface area contributed by atoms with Gasteiger partial charge in [-0.15, -0.1) is 0 Å². The summed E-state index contributed by atoms with van der Waals surface area (Å²) in [6.45, 7) is 0. The van der Waals surface area contributed by atoms with E-state index in [0.29, 0.717) is 0 Å². The van der Waals surface area contributed by atoms with Crippen molar-refractivity contribution in [2.24, 2.45) is 0 Å². The molecule has 0 fully saturated rings. The average molecular weight is 698 g/mol. The second kappa shape index (κ2) is 11.6.